The third-order valence-electron chi connectivity index (χ3n) is 2.21. The summed E-state index contributed by atoms with van der Waals surface area (Å²) < 4.78 is 0. The molecule has 1 aliphatic heterocycles. The lowest BCUT2D eigenvalue weighted by Gasteiger charge is -2.07. The van der Waals surface area contributed by atoms with E-state index in [-0.39, 0.29) is 12.3 Å². The molecular weight excluding hydrogens is 194 g/mol. The fourth-order valence-corrected chi connectivity index (χ4v) is 1.61. The topological polar surface area (TPSA) is 66.4 Å². The molecule has 1 unspecified atom stereocenters. The van der Waals surface area contributed by atoms with Crippen molar-refractivity contribution in [3.05, 3.63) is 36.0 Å². The van der Waals surface area contributed by atoms with E-state index in [0.29, 0.717) is 5.57 Å². The van der Waals surface area contributed by atoms with Gasteiger partial charge >= 0.3 is 5.97 Å². The molecule has 2 N–H and O–H groups in total. The summed E-state index contributed by atoms with van der Waals surface area (Å²) in [4.78, 5) is 22.0. The van der Waals surface area contributed by atoms with Crippen LogP contribution in [0.3, 0.4) is 0 Å². The van der Waals surface area contributed by atoms with Crippen molar-refractivity contribution >= 4 is 11.9 Å². The number of hydrogen-bond donors (Lipinski definition) is 2. The Morgan fingerprint density at radius 1 is 1.67 bits per heavy atom. The van der Waals surface area contributed by atoms with Crippen LogP contribution in [0.15, 0.2) is 36.0 Å². The van der Waals surface area contributed by atoms with E-state index in [2.05, 4.69) is 11.9 Å². The smallest absolute Gasteiger partial charge is 0.305 e. The molecule has 0 radical (unpaired) electrons. The molecule has 1 atom stereocenters. The Morgan fingerprint density at radius 2 is 2.33 bits per heavy atom. The summed E-state index contributed by atoms with van der Waals surface area (Å²) in [6.07, 6.45) is 4.76. The first-order chi connectivity index (χ1) is 7.10. The Labute approximate surface area is 88.0 Å². The van der Waals surface area contributed by atoms with Gasteiger partial charge in [-0.1, -0.05) is 18.7 Å². The van der Waals surface area contributed by atoms with Crippen LogP contribution >= 0.6 is 0 Å². The summed E-state index contributed by atoms with van der Waals surface area (Å²) >= 11 is 0. The Hall–Kier alpha value is -1.84. The van der Waals surface area contributed by atoms with Crippen molar-refractivity contribution < 1.29 is 14.7 Å². The highest BCUT2D eigenvalue weighted by Gasteiger charge is 2.32. The van der Waals surface area contributed by atoms with E-state index in [4.69, 9.17) is 5.11 Å². The minimum absolute atomic E-state index is 0.0973. The minimum Gasteiger partial charge on any atom is -0.481 e. The van der Waals surface area contributed by atoms with Gasteiger partial charge < -0.3 is 10.4 Å². The van der Waals surface area contributed by atoms with E-state index in [9.17, 15) is 9.59 Å². The number of carbonyl (C=O) groups is 2. The van der Waals surface area contributed by atoms with Crippen molar-refractivity contribution in [1.82, 2.24) is 5.32 Å². The largest absolute Gasteiger partial charge is 0.481 e. The predicted molar refractivity (Wildman–Crippen MR) is 56.2 cm³/mol. The van der Waals surface area contributed by atoms with Gasteiger partial charge in [-0.25, -0.2) is 0 Å². The minimum atomic E-state index is -0.931. The van der Waals surface area contributed by atoms with Crippen LogP contribution in [0.5, 0.6) is 0 Å². The fourth-order valence-electron chi connectivity index (χ4n) is 1.61. The monoisotopic (exact) mass is 207 g/mol. The molecule has 15 heavy (non-hydrogen) atoms. The van der Waals surface area contributed by atoms with Gasteiger partial charge in [0, 0.05) is 5.57 Å². The maximum Gasteiger partial charge on any atom is 0.305 e. The van der Waals surface area contributed by atoms with Gasteiger partial charge in [0.25, 0.3) is 5.91 Å². The average Bonchev–Trinajstić information content (AvgIpc) is 2.42. The number of aliphatic carboxylic acids is 1. The summed E-state index contributed by atoms with van der Waals surface area (Å²) in [5.74, 6) is -1.17. The normalized spacial score (nSPS) is 25.7. The van der Waals surface area contributed by atoms with Gasteiger partial charge in [-0.05, 0) is 18.6 Å². The highest BCUT2D eigenvalue weighted by molar-refractivity contribution is 6.02. The summed E-state index contributed by atoms with van der Waals surface area (Å²) in [7, 11) is 0. The number of carboxylic acid groups (broad SMARTS) is 1. The molecule has 1 rings (SSSR count). The van der Waals surface area contributed by atoms with Crippen molar-refractivity contribution in [3.8, 4) is 0 Å². The number of amides is 1. The quantitative estimate of drug-likeness (QED) is 0.679. The van der Waals surface area contributed by atoms with Gasteiger partial charge in [-0.3, -0.25) is 9.59 Å². The van der Waals surface area contributed by atoms with Crippen LogP contribution in [0.2, 0.25) is 0 Å². The highest BCUT2D eigenvalue weighted by Crippen LogP contribution is 2.24. The molecule has 1 aliphatic rings. The molecule has 4 heteroatoms. The zero-order valence-corrected chi connectivity index (χ0v) is 8.49. The first kappa shape index (κ1) is 11.2. The molecule has 0 saturated carbocycles. The van der Waals surface area contributed by atoms with Crippen LogP contribution in [0.4, 0.5) is 0 Å². The van der Waals surface area contributed by atoms with Crippen LogP contribution in [0.25, 0.3) is 0 Å². The highest BCUT2D eigenvalue weighted by atomic mass is 16.4. The SMILES string of the molecule is C=C/C=C1/C(=O)NC(CC(=O)O)/C1=C/C. The third kappa shape index (κ3) is 2.34. The molecule has 0 spiro atoms. The van der Waals surface area contributed by atoms with Crippen molar-refractivity contribution in [3.63, 3.8) is 0 Å². The molecule has 1 saturated heterocycles. The Bertz CT molecular complexity index is 366. The van der Waals surface area contributed by atoms with Gasteiger partial charge in [-0.2, -0.15) is 0 Å². The fraction of sp³-hybridized carbons (Fsp3) is 0.273. The number of hydrogen-bond acceptors (Lipinski definition) is 2. The van der Waals surface area contributed by atoms with Gasteiger partial charge in [0.05, 0.1) is 12.5 Å². The van der Waals surface area contributed by atoms with Gasteiger partial charge in [0.15, 0.2) is 0 Å². The third-order valence-corrected chi connectivity index (χ3v) is 2.21. The molecule has 0 bridgehead atoms. The Balaban J connectivity index is 2.98. The molecule has 80 valence electrons. The standard InChI is InChI=1S/C11H13NO3/c1-3-5-8-7(4-2)9(6-10(13)14)12-11(8)15/h3-5,9H,1,6H2,2H3,(H,12,15)(H,13,14)/b7-4+,8-5+. The van der Waals surface area contributed by atoms with Crippen molar-refractivity contribution in [2.45, 2.75) is 19.4 Å². The summed E-state index contributed by atoms with van der Waals surface area (Å²) in [6.45, 7) is 5.29. The predicted octanol–water partition coefficient (Wildman–Crippen LogP) is 1.02. The van der Waals surface area contributed by atoms with E-state index in [1.165, 1.54) is 6.08 Å². The van der Waals surface area contributed by atoms with Crippen molar-refractivity contribution in [1.29, 1.82) is 0 Å². The first-order valence-electron chi connectivity index (χ1n) is 4.62. The van der Waals surface area contributed by atoms with Gasteiger partial charge in [-0.15, -0.1) is 0 Å². The molecule has 1 amide bonds. The maximum absolute atomic E-state index is 11.5. The maximum atomic E-state index is 11.5. The lowest BCUT2D eigenvalue weighted by Crippen LogP contribution is -2.28. The summed E-state index contributed by atoms with van der Waals surface area (Å²) in [6, 6.07) is -0.425. The molecule has 0 aliphatic carbocycles. The number of allylic oxidation sites excluding steroid dienone is 3. The lowest BCUT2D eigenvalue weighted by atomic mass is 10.0. The number of carbonyl (C=O) groups excluding carboxylic acids is 1. The zero-order chi connectivity index (χ0) is 11.4. The van der Waals surface area contributed by atoms with Crippen LogP contribution in [-0.2, 0) is 9.59 Å². The van der Waals surface area contributed by atoms with E-state index in [1.54, 1.807) is 19.1 Å². The molecule has 1 heterocycles. The summed E-state index contributed by atoms with van der Waals surface area (Å²) in [5, 5.41) is 11.3. The summed E-state index contributed by atoms with van der Waals surface area (Å²) in [5.41, 5.74) is 1.22. The lowest BCUT2D eigenvalue weighted by molar-refractivity contribution is -0.137. The second kappa shape index (κ2) is 4.59. The Kier molecular flexibility index (Phi) is 3.44. The molecular formula is C11H13NO3. The van der Waals surface area contributed by atoms with Crippen LogP contribution in [0, 0.1) is 0 Å². The van der Waals surface area contributed by atoms with Crippen molar-refractivity contribution in [2.24, 2.45) is 0 Å². The van der Waals surface area contributed by atoms with Crippen LogP contribution in [0.1, 0.15) is 13.3 Å². The van der Waals surface area contributed by atoms with E-state index in [0.717, 1.165) is 5.57 Å². The molecule has 4 nitrogen and oxygen atoms in total. The van der Waals surface area contributed by atoms with Crippen LogP contribution < -0.4 is 5.32 Å². The second-order valence-electron chi connectivity index (χ2n) is 3.18. The number of nitrogens with one attached hydrogen (secondary N) is 1. The number of rotatable bonds is 3. The number of carboxylic acids is 1. The van der Waals surface area contributed by atoms with E-state index >= 15 is 0 Å². The van der Waals surface area contributed by atoms with Crippen LogP contribution in [-0.4, -0.2) is 23.0 Å². The molecule has 0 aromatic carbocycles. The average molecular weight is 207 g/mol. The van der Waals surface area contributed by atoms with Gasteiger partial charge in [0.1, 0.15) is 0 Å². The zero-order valence-electron chi connectivity index (χ0n) is 8.49. The molecule has 1 fully saturated rings. The van der Waals surface area contributed by atoms with Crippen molar-refractivity contribution in [2.75, 3.05) is 0 Å². The second-order valence-corrected chi connectivity index (χ2v) is 3.18. The first-order valence-corrected chi connectivity index (χ1v) is 4.62. The van der Waals surface area contributed by atoms with E-state index < -0.39 is 12.0 Å². The molecule has 0 aromatic rings. The molecule has 0 aromatic heterocycles. The van der Waals surface area contributed by atoms with Gasteiger partial charge in [0.2, 0.25) is 0 Å². The Morgan fingerprint density at radius 3 is 2.80 bits per heavy atom. The van der Waals surface area contributed by atoms with E-state index in [1.807, 2.05) is 0 Å².